The van der Waals surface area contributed by atoms with Gasteiger partial charge in [-0.1, -0.05) is 23.2 Å². The number of rotatable bonds is 2. The minimum atomic E-state index is 0.496. The van der Waals surface area contributed by atoms with Crippen molar-refractivity contribution in [2.24, 2.45) is 0 Å². The van der Waals surface area contributed by atoms with Crippen LogP contribution < -0.4 is 4.74 Å². The van der Waals surface area contributed by atoms with Crippen molar-refractivity contribution in [3.8, 4) is 16.3 Å². The molecule has 0 atom stereocenters. The summed E-state index contributed by atoms with van der Waals surface area (Å²) in [5.74, 6) is 0.607. The van der Waals surface area contributed by atoms with E-state index in [0.29, 0.717) is 15.8 Å². The van der Waals surface area contributed by atoms with Crippen molar-refractivity contribution in [3.63, 3.8) is 0 Å². The number of hydrogen-bond donors (Lipinski definition) is 0. The lowest BCUT2D eigenvalue weighted by Crippen LogP contribution is -1.89. The molecule has 0 fully saturated rings. The fourth-order valence-electron chi connectivity index (χ4n) is 1.28. The van der Waals surface area contributed by atoms with Crippen LogP contribution in [-0.4, -0.2) is 12.1 Å². The van der Waals surface area contributed by atoms with E-state index in [9.17, 15) is 0 Å². The van der Waals surface area contributed by atoms with Crippen molar-refractivity contribution < 1.29 is 4.74 Å². The lowest BCUT2D eigenvalue weighted by atomic mass is 10.2. The average Bonchev–Trinajstić information content (AvgIpc) is 2.69. The van der Waals surface area contributed by atoms with E-state index in [1.54, 1.807) is 25.4 Å². The molecule has 0 saturated heterocycles. The van der Waals surface area contributed by atoms with Crippen LogP contribution >= 0.6 is 34.5 Å². The van der Waals surface area contributed by atoms with Crippen LogP contribution in [0, 0.1) is 0 Å². The zero-order valence-corrected chi connectivity index (χ0v) is 10.2. The summed E-state index contributed by atoms with van der Waals surface area (Å²) in [6, 6.07) is 3.45. The third-order valence-electron chi connectivity index (χ3n) is 1.88. The lowest BCUT2D eigenvalue weighted by molar-refractivity contribution is 0.416. The maximum atomic E-state index is 6.02. The molecule has 0 bridgehead atoms. The predicted octanol–water partition coefficient (Wildman–Crippen LogP) is 4.13. The molecule has 1 heterocycles. The van der Waals surface area contributed by atoms with E-state index in [-0.39, 0.29) is 0 Å². The SMILES string of the molecule is COc1c(Cl)cc(Cl)cc1-c1nccs1. The van der Waals surface area contributed by atoms with Crippen molar-refractivity contribution in [2.45, 2.75) is 0 Å². The number of thiazole rings is 1. The molecule has 1 aromatic heterocycles. The number of halogens is 2. The largest absolute Gasteiger partial charge is 0.494 e. The summed E-state index contributed by atoms with van der Waals surface area (Å²) in [5.41, 5.74) is 0.824. The zero-order valence-electron chi connectivity index (χ0n) is 7.83. The van der Waals surface area contributed by atoms with Gasteiger partial charge in [0.25, 0.3) is 0 Å². The summed E-state index contributed by atoms with van der Waals surface area (Å²) in [6.07, 6.45) is 1.73. The number of methoxy groups -OCH3 is 1. The molecule has 0 radical (unpaired) electrons. The Morgan fingerprint density at radius 2 is 2.13 bits per heavy atom. The van der Waals surface area contributed by atoms with Crippen LogP contribution in [0.1, 0.15) is 0 Å². The first kappa shape index (κ1) is 10.7. The number of nitrogens with zero attached hydrogens (tertiary/aromatic N) is 1. The molecule has 78 valence electrons. The summed E-state index contributed by atoms with van der Waals surface area (Å²) in [4.78, 5) is 4.20. The zero-order chi connectivity index (χ0) is 10.8. The van der Waals surface area contributed by atoms with Crippen LogP contribution in [0.15, 0.2) is 23.7 Å². The third kappa shape index (κ3) is 2.09. The number of ether oxygens (including phenoxy) is 1. The molecule has 0 amide bonds. The fraction of sp³-hybridized carbons (Fsp3) is 0.100. The molecule has 0 aliphatic rings. The van der Waals surface area contributed by atoms with Crippen LogP contribution in [0.3, 0.4) is 0 Å². The Morgan fingerprint density at radius 3 is 2.73 bits per heavy atom. The van der Waals surface area contributed by atoms with Crippen molar-refractivity contribution in [1.82, 2.24) is 4.98 Å². The van der Waals surface area contributed by atoms with E-state index in [1.807, 2.05) is 5.38 Å². The second-order valence-electron chi connectivity index (χ2n) is 2.81. The van der Waals surface area contributed by atoms with Crippen molar-refractivity contribution in [2.75, 3.05) is 7.11 Å². The van der Waals surface area contributed by atoms with Gasteiger partial charge in [0.2, 0.25) is 0 Å². The lowest BCUT2D eigenvalue weighted by Gasteiger charge is -2.08. The van der Waals surface area contributed by atoms with Gasteiger partial charge in [-0.2, -0.15) is 0 Å². The summed E-state index contributed by atoms with van der Waals surface area (Å²) in [5, 5.41) is 3.81. The summed E-state index contributed by atoms with van der Waals surface area (Å²) >= 11 is 13.5. The van der Waals surface area contributed by atoms with E-state index in [0.717, 1.165) is 10.6 Å². The van der Waals surface area contributed by atoms with Crippen LogP contribution in [0.5, 0.6) is 5.75 Å². The van der Waals surface area contributed by atoms with Gasteiger partial charge in [0.15, 0.2) is 0 Å². The molecule has 0 unspecified atom stereocenters. The van der Waals surface area contributed by atoms with Gasteiger partial charge in [-0.15, -0.1) is 11.3 Å². The van der Waals surface area contributed by atoms with Gasteiger partial charge in [-0.05, 0) is 12.1 Å². The molecule has 2 aromatic rings. The highest BCUT2D eigenvalue weighted by Crippen LogP contribution is 2.39. The van der Waals surface area contributed by atoms with Gasteiger partial charge in [0.05, 0.1) is 17.7 Å². The first-order valence-electron chi connectivity index (χ1n) is 4.15. The number of aromatic nitrogens is 1. The molecule has 2 rings (SSSR count). The molecule has 1 aromatic carbocycles. The Kier molecular flexibility index (Phi) is 3.14. The molecule has 0 saturated carbocycles. The van der Waals surface area contributed by atoms with Crippen molar-refractivity contribution in [3.05, 3.63) is 33.8 Å². The van der Waals surface area contributed by atoms with Gasteiger partial charge in [0, 0.05) is 16.6 Å². The Balaban J connectivity index is 2.64. The highest BCUT2D eigenvalue weighted by atomic mass is 35.5. The van der Waals surface area contributed by atoms with Crippen LogP contribution in [0.4, 0.5) is 0 Å². The molecule has 0 N–H and O–H groups in total. The van der Waals surface area contributed by atoms with Crippen LogP contribution in [0.2, 0.25) is 10.0 Å². The van der Waals surface area contributed by atoms with E-state index in [4.69, 9.17) is 27.9 Å². The van der Waals surface area contributed by atoms with Crippen LogP contribution in [-0.2, 0) is 0 Å². The molecule has 0 aliphatic carbocycles. The van der Waals surface area contributed by atoms with Gasteiger partial charge < -0.3 is 4.74 Å². The van der Waals surface area contributed by atoms with Gasteiger partial charge in [-0.25, -0.2) is 4.98 Å². The fourth-order valence-corrected chi connectivity index (χ4v) is 2.50. The standard InChI is InChI=1S/C10H7Cl2NOS/c1-14-9-7(10-13-2-3-15-10)4-6(11)5-8(9)12/h2-5H,1H3. The number of benzene rings is 1. The highest BCUT2D eigenvalue weighted by Gasteiger charge is 2.13. The Morgan fingerprint density at radius 1 is 1.33 bits per heavy atom. The Bertz CT molecular complexity index is 471. The quantitative estimate of drug-likeness (QED) is 0.810. The second-order valence-corrected chi connectivity index (χ2v) is 4.54. The van der Waals surface area contributed by atoms with E-state index < -0.39 is 0 Å². The topological polar surface area (TPSA) is 22.1 Å². The van der Waals surface area contributed by atoms with Gasteiger partial charge >= 0.3 is 0 Å². The monoisotopic (exact) mass is 259 g/mol. The van der Waals surface area contributed by atoms with Gasteiger partial charge in [0.1, 0.15) is 10.8 Å². The molecule has 2 nitrogen and oxygen atoms in total. The van der Waals surface area contributed by atoms with E-state index in [1.165, 1.54) is 11.3 Å². The maximum Gasteiger partial charge on any atom is 0.147 e. The first-order chi connectivity index (χ1) is 7.22. The van der Waals surface area contributed by atoms with E-state index in [2.05, 4.69) is 4.98 Å². The van der Waals surface area contributed by atoms with Crippen molar-refractivity contribution >= 4 is 34.5 Å². The maximum absolute atomic E-state index is 6.02. The Hall–Kier alpha value is -0.770. The molecule has 0 aliphatic heterocycles. The second kappa shape index (κ2) is 4.39. The van der Waals surface area contributed by atoms with Gasteiger partial charge in [-0.3, -0.25) is 0 Å². The molecule has 15 heavy (non-hydrogen) atoms. The summed E-state index contributed by atoms with van der Waals surface area (Å²) < 4.78 is 5.23. The highest BCUT2D eigenvalue weighted by molar-refractivity contribution is 7.13. The minimum absolute atomic E-state index is 0.496. The smallest absolute Gasteiger partial charge is 0.147 e. The number of hydrogen-bond acceptors (Lipinski definition) is 3. The molecular weight excluding hydrogens is 253 g/mol. The average molecular weight is 260 g/mol. The van der Waals surface area contributed by atoms with Crippen LogP contribution in [0.25, 0.3) is 10.6 Å². The first-order valence-corrected chi connectivity index (χ1v) is 5.79. The molecule has 0 spiro atoms. The van der Waals surface area contributed by atoms with E-state index >= 15 is 0 Å². The summed E-state index contributed by atoms with van der Waals surface area (Å²) in [6.45, 7) is 0. The normalized spacial score (nSPS) is 10.3. The Labute approximate surface area is 101 Å². The molecule has 5 heteroatoms. The third-order valence-corrected chi connectivity index (χ3v) is 3.18. The molecular formula is C10H7Cl2NOS. The minimum Gasteiger partial charge on any atom is -0.494 e. The predicted molar refractivity (Wildman–Crippen MR) is 64.1 cm³/mol. The summed E-state index contributed by atoms with van der Waals surface area (Å²) in [7, 11) is 1.58. The van der Waals surface area contributed by atoms with Crippen molar-refractivity contribution in [1.29, 1.82) is 0 Å².